The molecule has 2 aliphatic rings. The number of amides is 2. The van der Waals surface area contributed by atoms with Crippen LogP contribution in [0.5, 0.6) is 5.75 Å². The molecule has 27 heavy (non-hydrogen) atoms. The van der Waals surface area contributed by atoms with Crippen LogP contribution in [0.4, 0.5) is 0 Å². The van der Waals surface area contributed by atoms with Crippen molar-refractivity contribution in [1.29, 1.82) is 5.26 Å². The van der Waals surface area contributed by atoms with Gasteiger partial charge in [-0.15, -0.1) is 0 Å². The van der Waals surface area contributed by atoms with Crippen LogP contribution in [0.3, 0.4) is 0 Å². The molecule has 2 fully saturated rings. The first kappa shape index (κ1) is 19.0. The Morgan fingerprint density at radius 2 is 1.78 bits per heavy atom. The van der Waals surface area contributed by atoms with Crippen LogP contribution in [0, 0.1) is 11.3 Å². The number of hydrogen-bond acceptors (Lipinski definition) is 4. The van der Waals surface area contributed by atoms with Gasteiger partial charge in [-0.25, -0.2) is 0 Å². The number of benzene rings is 1. The number of nitriles is 1. The van der Waals surface area contributed by atoms with E-state index in [0.717, 1.165) is 12.0 Å². The lowest BCUT2D eigenvalue weighted by atomic mass is 10.1. The summed E-state index contributed by atoms with van der Waals surface area (Å²) in [6, 6.07) is 8.91. The number of fused-ring (bicyclic) bond motifs is 2. The lowest BCUT2D eigenvalue weighted by molar-refractivity contribution is -0.149. The number of ether oxygens (including phenoxy) is 1. The van der Waals surface area contributed by atoms with E-state index >= 15 is 0 Å². The average Bonchev–Trinajstić information content (AvgIpc) is 3.27. The van der Waals surface area contributed by atoms with Crippen molar-refractivity contribution < 1.29 is 14.3 Å². The summed E-state index contributed by atoms with van der Waals surface area (Å²) in [4.78, 5) is 29.3. The van der Waals surface area contributed by atoms with Gasteiger partial charge in [-0.1, -0.05) is 6.08 Å². The van der Waals surface area contributed by atoms with E-state index in [0.29, 0.717) is 24.4 Å². The number of allylic oxidation sites excluding steroid dienone is 1. The van der Waals surface area contributed by atoms with Crippen molar-refractivity contribution in [2.75, 3.05) is 13.1 Å². The third-order valence-electron chi connectivity index (χ3n) is 5.40. The van der Waals surface area contributed by atoms with E-state index in [1.54, 1.807) is 38.1 Å². The molecule has 0 aliphatic carbocycles. The number of likely N-dealkylation sites (tertiary alicyclic amines) is 2. The van der Waals surface area contributed by atoms with Crippen molar-refractivity contribution in [1.82, 2.24) is 9.80 Å². The Balaban J connectivity index is 1.66. The van der Waals surface area contributed by atoms with Gasteiger partial charge >= 0.3 is 0 Å². The van der Waals surface area contributed by atoms with Crippen molar-refractivity contribution in [2.24, 2.45) is 0 Å². The van der Waals surface area contributed by atoms with E-state index in [-0.39, 0.29) is 23.9 Å². The molecule has 2 saturated heterocycles. The molecule has 0 unspecified atom stereocenters. The quantitative estimate of drug-likeness (QED) is 0.767. The molecule has 2 heterocycles. The number of carbonyl (C=O) groups excluding carboxylic acids is 2. The zero-order chi connectivity index (χ0) is 19.8. The Bertz CT molecular complexity index is 820. The van der Waals surface area contributed by atoms with E-state index in [9.17, 15) is 9.59 Å². The maximum absolute atomic E-state index is 13.1. The van der Waals surface area contributed by atoms with Crippen LogP contribution in [0.2, 0.25) is 0 Å². The van der Waals surface area contributed by atoms with E-state index < -0.39 is 5.60 Å². The maximum Gasteiger partial charge on any atom is 0.266 e. The van der Waals surface area contributed by atoms with Crippen LogP contribution in [-0.2, 0) is 9.59 Å². The minimum atomic E-state index is -1.02. The standard InChI is InChI=1S/C21H25N3O3/c1-5-14(2)19(25)23-12-17-10-16(23)13-24(17)20(26)21(3,4)27-18-8-6-15(11-22)7-9-18/h5-9,16-17H,10,12-13H2,1-4H3/b14-5+/t16-,17-/m0/s1. The summed E-state index contributed by atoms with van der Waals surface area (Å²) in [5.41, 5.74) is 0.265. The van der Waals surface area contributed by atoms with Gasteiger partial charge < -0.3 is 14.5 Å². The van der Waals surface area contributed by atoms with Crippen molar-refractivity contribution in [3.63, 3.8) is 0 Å². The van der Waals surface area contributed by atoms with Gasteiger partial charge in [0.15, 0.2) is 5.60 Å². The van der Waals surface area contributed by atoms with Gasteiger partial charge in [-0.3, -0.25) is 9.59 Å². The SMILES string of the molecule is C/C=C(\C)C(=O)N1C[C@@H]2C[C@H]1CN2C(=O)C(C)(C)Oc1ccc(C#N)cc1. The normalized spacial score (nSPS) is 22.0. The second-order valence-corrected chi connectivity index (χ2v) is 7.68. The number of hydrogen-bond donors (Lipinski definition) is 0. The summed E-state index contributed by atoms with van der Waals surface area (Å²) in [5, 5.41) is 8.88. The van der Waals surface area contributed by atoms with Crippen LogP contribution in [-0.4, -0.2) is 52.4 Å². The van der Waals surface area contributed by atoms with Crippen molar-refractivity contribution in [2.45, 2.75) is 51.8 Å². The molecule has 0 saturated carbocycles. The Hall–Kier alpha value is -2.81. The molecule has 2 amide bonds. The fourth-order valence-corrected chi connectivity index (χ4v) is 3.80. The molecule has 0 aromatic heterocycles. The third kappa shape index (κ3) is 3.55. The average molecular weight is 367 g/mol. The first-order valence-corrected chi connectivity index (χ1v) is 9.21. The first-order valence-electron chi connectivity index (χ1n) is 9.21. The first-order chi connectivity index (χ1) is 12.8. The highest BCUT2D eigenvalue weighted by Gasteiger charge is 2.50. The van der Waals surface area contributed by atoms with Gasteiger partial charge in [0.05, 0.1) is 23.7 Å². The van der Waals surface area contributed by atoms with Crippen LogP contribution in [0.15, 0.2) is 35.9 Å². The highest BCUT2D eigenvalue weighted by atomic mass is 16.5. The van der Waals surface area contributed by atoms with E-state index in [2.05, 4.69) is 6.07 Å². The summed E-state index contributed by atoms with van der Waals surface area (Å²) in [6.07, 6.45) is 2.65. The Kier molecular flexibility index (Phi) is 4.97. The minimum Gasteiger partial charge on any atom is -0.478 e. The molecule has 142 valence electrons. The Labute approximate surface area is 160 Å². The van der Waals surface area contributed by atoms with Gasteiger partial charge in [0, 0.05) is 18.7 Å². The number of piperazine rings is 1. The van der Waals surface area contributed by atoms with Gasteiger partial charge in [-0.2, -0.15) is 5.26 Å². The molecule has 2 bridgehead atoms. The highest BCUT2D eigenvalue weighted by molar-refractivity contribution is 5.94. The molecule has 0 spiro atoms. The minimum absolute atomic E-state index is 0.0416. The predicted octanol–water partition coefficient (Wildman–Crippen LogP) is 2.49. The third-order valence-corrected chi connectivity index (χ3v) is 5.40. The monoisotopic (exact) mass is 367 g/mol. The van der Waals surface area contributed by atoms with Crippen molar-refractivity contribution in [3.05, 3.63) is 41.5 Å². The predicted molar refractivity (Wildman–Crippen MR) is 101 cm³/mol. The zero-order valence-electron chi connectivity index (χ0n) is 16.2. The highest BCUT2D eigenvalue weighted by Crippen LogP contribution is 2.34. The second kappa shape index (κ2) is 7.07. The fraction of sp³-hybridized carbons (Fsp3) is 0.476. The van der Waals surface area contributed by atoms with E-state index in [4.69, 9.17) is 10.00 Å². The molecule has 2 aliphatic heterocycles. The number of nitrogens with zero attached hydrogens (tertiary/aromatic N) is 3. The maximum atomic E-state index is 13.1. The lowest BCUT2D eigenvalue weighted by Crippen LogP contribution is -2.56. The van der Waals surface area contributed by atoms with E-state index in [1.807, 2.05) is 29.7 Å². The van der Waals surface area contributed by atoms with E-state index in [1.165, 1.54) is 0 Å². The lowest BCUT2D eigenvalue weighted by Gasteiger charge is -2.38. The molecule has 2 atom stereocenters. The molecule has 6 nitrogen and oxygen atoms in total. The van der Waals surface area contributed by atoms with Gasteiger partial charge in [0.2, 0.25) is 5.91 Å². The summed E-state index contributed by atoms with van der Waals surface area (Å²) < 4.78 is 5.92. The van der Waals surface area contributed by atoms with Gasteiger partial charge in [0.1, 0.15) is 5.75 Å². The van der Waals surface area contributed by atoms with Gasteiger partial charge in [0.25, 0.3) is 5.91 Å². The molecule has 0 N–H and O–H groups in total. The fourth-order valence-electron chi connectivity index (χ4n) is 3.80. The van der Waals surface area contributed by atoms with Crippen LogP contribution >= 0.6 is 0 Å². The van der Waals surface area contributed by atoms with Crippen LogP contribution in [0.1, 0.15) is 39.7 Å². The number of carbonyl (C=O) groups is 2. The molecular weight excluding hydrogens is 342 g/mol. The molecule has 6 heteroatoms. The Morgan fingerprint density at radius 1 is 1.19 bits per heavy atom. The van der Waals surface area contributed by atoms with Crippen LogP contribution in [0.25, 0.3) is 0 Å². The number of rotatable bonds is 4. The Morgan fingerprint density at radius 3 is 2.30 bits per heavy atom. The summed E-state index contributed by atoms with van der Waals surface area (Å²) in [7, 11) is 0. The zero-order valence-corrected chi connectivity index (χ0v) is 16.2. The topological polar surface area (TPSA) is 73.6 Å². The second-order valence-electron chi connectivity index (χ2n) is 7.68. The van der Waals surface area contributed by atoms with Crippen LogP contribution < -0.4 is 4.74 Å². The van der Waals surface area contributed by atoms with Crippen molar-refractivity contribution >= 4 is 11.8 Å². The molecule has 0 radical (unpaired) electrons. The largest absolute Gasteiger partial charge is 0.478 e. The summed E-state index contributed by atoms with van der Waals surface area (Å²) >= 11 is 0. The molecule has 3 rings (SSSR count). The molecule has 1 aromatic rings. The smallest absolute Gasteiger partial charge is 0.266 e. The summed E-state index contributed by atoms with van der Waals surface area (Å²) in [5.74, 6) is 0.539. The molecular formula is C21H25N3O3. The van der Waals surface area contributed by atoms with Crippen molar-refractivity contribution in [3.8, 4) is 11.8 Å². The van der Waals surface area contributed by atoms with Gasteiger partial charge in [-0.05, 0) is 58.4 Å². The summed E-state index contributed by atoms with van der Waals surface area (Å²) in [6.45, 7) is 8.32. The molecule has 1 aromatic carbocycles.